The molecule has 0 fully saturated rings. The molecular formula is C52H32N2O. The Bertz CT molecular complexity index is 3160. The SMILES string of the molecule is c1ccc(-c2cc(-c3cccc(-c4cccc5oc6ccc(-c7ccc8c9ccccc9c9ccccc9c8c7)cc6c45)c3)nc(-c3ccccc3)n2)cc1. The van der Waals surface area contributed by atoms with Crippen molar-refractivity contribution in [3.05, 3.63) is 194 Å². The molecular weight excluding hydrogens is 669 g/mol. The zero-order valence-corrected chi connectivity index (χ0v) is 29.8. The van der Waals surface area contributed by atoms with Crippen LogP contribution >= 0.6 is 0 Å². The van der Waals surface area contributed by atoms with E-state index in [1.165, 1.54) is 37.9 Å². The monoisotopic (exact) mass is 700 g/mol. The Morgan fingerprint density at radius 1 is 0.291 bits per heavy atom. The van der Waals surface area contributed by atoms with Gasteiger partial charge in [0.15, 0.2) is 5.82 Å². The summed E-state index contributed by atoms with van der Waals surface area (Å²) in [6.45, 7) is 0. The van der Waals surface area contributed by atoms with Crippen LogP contribution < -0.4 is 0 Å². The van der Waals surface area contributed by atoms with Gasteiger partial charge in [-0.2, -0.15) is 0 Å². The van der Waals surface area contributed by atoms with E-state index in [1.807, 2.05) is 36.4 Å². The first-order valence-corrected chi connectivity index (χ1v) is 18.6. The predicted molar refractivity (Wildman–Crippen MR) is 229 cm³/mol. The van der Waals surface area contributed by atoms with Crippen molar-refractivity contribution >= 4 is 54.3 Å². The summed E-state index contributed by atoms with van der Waals surface area (Å²) in [4.78, 5) is 10.1. The fourth-order valence-electron chi connectivity index (χ4n) is 8.25. The minimum atomic E-state index is 0.702. The molecule has 0 saturated heterocycles. The quantitative estimate of drug-likeness (QED) is 0.168. The molecule has 0 bridgehead atoms. The Hall–Kier alpha value is -7.36. The first-order chi connectivity index (χ1) is 27.2. The van der Waals surface area contributed by atoms with E-state index in [9.17, 15) is 0 Å². The van der Waals surface area contributed by atoms with Crippen LogP contribution in [0.3, 0.4) is 0 Å². The zero-order chi connectivity index (χ0) is 36.3. The summed E-state index contributed by atoms with van der Waals surface area (Å²) < 4.78 is 6.51. The highest BCUT2D eigenvalue weighted by Crippen LogP contribution is 2.41. The van der Waals surface area contributed by atoms with E-state index in [-0.39, 0.29) is 0 Å². The minimum Gasteiger partial charge on any atom is -0.456 e. The molecule has 0 aliphatic carbocycles. The molecule has 55 heavy (non-hydrogen) atoms. The van der Waals surface area contributed by atoms with Crippen LogP contribution in [0.2, 0.25) is 0 Å². The highest BCUT2D eigenvalue weighted by molar-refractivity contribution is 6.26. The number of benzene rings is 9. The largest absolute Gasteiger partial charge is 0.456 e. The third-order valence-electron chi connectivity index (χ3n) is 10.9. The molecule has 0 aliphatic rings. The number of aromatic nitrogens is 2. The van der Waals surface area contributed by atoms with Crippen LogP contribution in [-0.4, -0.2) is 9.97 Å². The van der Waals surface area contributed by atoms with Crippen LogP contribution in [0.15, 0.2) is 199 Å². The van der Waals surface area contributed by atoms with Gasteiger partial charge in [0.25, 0.3) is 0 Å². The lowest BCUT2D eigenvalue weighted by Gasteiger charge is -2.12. The van der Waals surface area contributed by atoms with Crippen LogP contribution in [0, 0.1) is 0 Å². The third-order valence-corrected chi connectivity index (χ3v) is 10.9. The van der Waals surface area contributed by atoms with Gasteiger partial charge in [0.05, 0.1) is 11.4 Å². The summed E-state index contributed by atoms with van der Waals surface area (Å²) in [6.07, 6.45) is 0. The van der Waals surface area contributed by atoms with Crippen LogP contribution in [0.1, 0.15) is 0 Å². The fraction of sp³-hybridized carbons (Fsp3) is 0. The van der Waals surface area contributed by atoms with E-state index in [0.717, 1.165) is 66.7 Å². The molecule has 0 radical (unpaired) electrons. The van der Waals surface area contributed by atoms with Gasteiger partial charge in [0.2, 0.25) is 0 Å². The second-order valence-electron chi connectivity index (χ2n) is 14.1. The lowest BCUT2D eigenvalue weighted by Crippen LogP contribution is -1.96. The molecule has 0 unspecified atom stereocenters. The maximum absolute atomic E-state index is 6.51. The van der Waals surface area contributed by atoms with Crippen molar-refractivity contribution in [2.45, 2.75) is 0 Å². The minimum absolute atomic E-state index is 0.702. The second-order valence-corrected chi connectivity index (χ2v) is 14.1. The molecule has 2 heterocycles. The van der Waals surface area contributed by atoms with Crippen LogP contribution in [0.25, 0.3) is 110 Å². The Morgan fingerprint density at radius 3 is 1.53 bits per heavy atom. The number of hydrogen-bond acceptors (Lipinski definition) is 3. The predicted octanol–water partition coefficient (Wildman–Crippen LogP) is 14.2. The Balaban J connectivity index is 1.05. The van der Waals surface area contributed by atoms with Gasteiger partial charge in [-0.3, -0.25) is 0 Å². The van der Waals surface area contributed by atoms with Gasteiger partial charge in [0.1, 0.15) is 11.2 Å². The van der Waals surface area contributed by atoms with Crippen molar-refractivity contribution in [3.8, 4) is 56.2 Å². The first-order valence-electron chi connectivity index (χ1n) is 18.6. The zero-order valence-electron chi connectivity index (χ0n) is 29.8. The summed E-state index contributed by atoms with van der Waals surface area (Å²) >= 11 is 0. The topological polar surface area (TPSA) is 38.9 Å². The van der Waals surface area contributed by atoms with Crippen molar-refractivity contribution in [2.75, 3.05) is 0 Å². The maximum Gasteiger partial charge on any atom is 0.160 e. The molecule has 9 aromatic carbocycles. The van der Waals surface area contributed by atoms with E-state index in [2.05, 4.69) is 158 Å². The molecule has 0 N–H and O–H groups in total. The Morgan fingerprint density at radius 2 is 0.818 bits per heavy atom. The summed E-state index contributed by atoms with van der Waals surface area (Å²) in [5.41, 5.74) is 11.1. The second kappa shape index (κ2) is 12.6. The summed E-state index contributed by atoms with van der Waals surface area (Å²) in [5, 5.41) is 9.84. The number of fused-ring (bicyclic) bond motifs is 9. The molecule has 0 aliphatic heterocycles. The first kappa shape index (κ1) is 31.2. The number of furan rings is 1. The number of rotatable bonds is 5. The summed E-state index contributed by atoms with van der Waals surface area (Å²) in [7, 11) is 0. The lowest BCUT2D eigenvalue weighted by atomic mass is 9.91. The van der Waals surface area contributed by atoms with Crippen LogP contribution in [0.5, 0.6) is 0 Å². The van der Waals surface area contributed by atoms with Crippen molar-refractivity contribution in [2.24, 2.45) is 0 Å². The molecule has 0 atom stereocenters. The van der Waals surface area contributed by atoms with E-state index >= 15 is 0 Å². The van der Waals surface area contributed by atoms with Gasteiger partial charge in [-0.15, -0.1) is 0 Å². The summed E-state index contributed by atoms with van der Waals surface area (Å²) in [5.74, 6) is 0.702. The average Bonchev–Trinajstić information content (AvgIpc) is 3.65. The number of hydrogen-bond donors (Lipinski definition) is 0. The smallest absolute Gasteiger partial charge is 0.160 e. The summed E-state index contributed by atoms with van der Waals surface area (Å²) in [6, 6.07) is 68.6. The van der Waals surface area contributed by atoms with Gasteiger partial charge in [0, 0.05) is 27.5 Å². The van der Waals surface area contributed by atoms with E-state index in [0.29, 0.717) is 5.82 Å². The molecule has 2 aromatic heterocycles. The Kier molecular flexibility index (Phi) is 7.17. The molecule has 256 valence electrons. The van der Waals surface area contributed by atoms with E-state index < -0.39 is 0 Å². The highest BCUT2D eigenvalue weighted by Gasteiger charge is 2.17. The molecule has 3 heteroatoms. The van der Waals surface area contributed by atoms with Gasteiger partial charge in [-0.1, -0.05) is 158 Å². The van der Waals surface area contributed by atoms with Gasteiger partial charge >= 0.3 is 0 Å². The standard InChI is InChI=1S/C52H32N2O/c1-3-13-33(14-4-1)47-32-48(54-52(53-47)34-15-5-2-6-16-34)38-18-11-17-37(29-38)39-23-12-24-50-51(39)46-31-36(26-28-49(46)55-50)35-25-27-44-42-21-8-7-19-40(42)41-20-9-10-22-43(41)45(44)30-35/h1-32H. The van der Waals surface area contributed by atoms with Gasteiger partial charge in [-0.25, -0.2) is 9.97 Å². The lowest BCUT2D eigenvalue weighted by molar-refractivity contribution is 0.669. The van der Waals surface area contributed by atoms with Crippen molar-refractivity contribution in [1.82, 2.24) is 9.97 Å². The normalized spacial score (nSPS) is 11.6. The average molecular weight is 701 g/mol. The Labute approximate surface area is 317 Å². The molecule has 0 saturated carbocycles. The van der Waals surface area contributed by atoms with Crippen LogP contribution in [-0.2, 0) is 0 Å². The fourth-order valence-corrected chi connectivity index (χ4v) is 8.25. The van der Waals surface area contributed by atoms with Crippen molar-refractivity contribution in [1.29, 1.82) is 0 Å². The molecule has 11 rings (SSSR count). The molecule has 0 spiro atoms. The van der Waals surface area contributed by atoms with Crippen molar-refractivity contribution < 1.29 is 4.42 Å². The van der Waals surface area contributed by atoms with Gasteiger partial charge < -0.3 is 4.42 Å². The molecule has 3 nitrogen and oxygen atoms in total. The molecule has 11 aromatic rings. The maximum atomic E-state index is 6.51. The van der Waals surface area contributed by atoms with Gasteiger partial charge in [-0.05, 0) is 91.0 Å². The third kappa shape index (κ3) is 5.28. The highest BCUT2D eigenvalue weighted by atomic mass is 16.3. The van der Waals surface area contributed by atoms with Crippen LogP contribution in [0.4, 0.5) is 0 Å². The van der Waals surface area contributed by atoms with E-state index in [4.69, 9.17) is 14.4 Å². The molecule has 0 amide bonds. The van der Waals surface area contributed by atoms with E-state index in [1.54, 1.807) is 0 Å². The number of nitrogens with zero attached hydrogens (tertiary/aromatic N) is 2. The van der Waals surface area contributed by atoms with Crippen molar-refractivity contribution in [3.63, 3.8) is 0 Å².